The summed E-state index contributed by atoms with van der Waals surface area (Å²) in [4.78, 5) is 4.78. The quantitative estimate of drug-likeness (QED) is 0.260. The number of hydrogen-bond donors (Lipinski definition) is 2. The van der Waals surface area contributed by atoms with Crippen molar-refractivity contribution in [1.82, 2.24) is 25.4 Å². The molecule has 0 amide bonds. The van der Waals surface area contributed by atoms with Crippen molar-refractivity contribution in [3.8, 4) is 0 Å². The molecule has 0 bridgehead atoms. The molecule has 1 unspecified atom stereocenters. The van der Waals surface area contributed by atoms with Gasteiger partial charge in [-0.2, -0.15) is 0 Å². The van der Waals surface area contributed by atoms with Crippen LogP contribution in [0.15, 0.2) is 53.8 Å². The normalized spacial score (nSPS) is 12.6. The van der Waals surface area contributed by atoms with Crippen LogP contribution in [0, 0.1) is 5.92 Å². The summed E-state index contributed by atoms with van der Waals surface area (Å²) in [7, 11) is 0. The van der Waals surface area contributed by atoms with E-state index in [4.69, 9.17) is 4.99 Å². The van der Waals surface area contributed by atoms with Gasteiger partial charge in [0.25, 0.3) is 0 Å². The molecule has 0 aliphatic carbocycles. The Morgan fingerprint density at radius 3 is 2.63 bits per heavy atom. The van der Waals surface area contributed by atoms with Crippen LogP contribution in [0.4, 0.5) is 0 Å². The number of rotatable bonds is 8. The Morgan fingerprint density at radius 2 is 1.87 bits per heavy atom. The minimum Gasteiger partial charge on any atom is -0.355 e. The Kier molecular flexibility index (Phi) is 9.55. The molecule has 7 heteroatoms. The molecule has 162 valence electrons. The van der Waals surface area contributed by atoms with E-state index in [9.17, 15) is 0 Å². The number of halogens is 1. The standard InChI is InChI=1S/C23H32N6.HI/c1-5-22-28-26-16-29(22)14-13-24-23(25-15-17(2)3)27-18(4)20-12-8-10-19-9-6-7-11-21(19)20;/h6-12,16-18H,5,13-15H2,1-4H3,(H2,24,25,27);1H. The predicted molar refractivity (Wildman–Crippen MR) is 135 cm³/mol. The lowest BCUT2D eigenvalue weighted by atomic mass is 10.00. The summed E-state index contributed by atoms with van der Waals surface area (Å²) < 4.78 is 2.08. The minimum atomic E-state index is 0. The minimum absolute atomic E-state index is 0. The first-order valence-electron chi connectivity index (χ1n) is 10.5. The molecule has 0 fully saturated rings. The van der Waals surface area contributed by atoms with Crippen LogP contribution in [0.5, 0.6) is 0 Å². The van der Waals surface area contributed by atoms with E-state index in [1.807, 2.05) is 0 Å². The van der Waals surface area contributed by atoms with E-state index < -0.39 is 0 Å². The van der Waals surface area contributed by atoms with E-state index in [-0.39, 0.29) is 30.0 Å². The van der Waals surface area contributed by atoms with Crippen molar-refractivity contribution in [3.05, 3.63) is 60.2 Å². The molecule has 0 aliphatic rings. The highest BCUT2D eigenvalue weighted by atomic mass is 127. The van der Waals surface area contributed by atoms with Crippen molar-refractivity contribution in [2.45, 2.75) is 46.7 Å². The van der Waals surface area contributed by atoms with Gasteiger partial charge in [-0.3, -0.25) is 4.99 Å². The zero-order chi connectivity index (χ0) is 20.6. The van der Waals surface area contributed by atoms with Crippen LogP contribution in [-0.2, 0) is 13.0 Å². The van der Waals surface area contributed by atoms with E-state index in [1.165, 1.54) is 16.3 Å². The van der Waals surface area contributed by atoms with Crippen LogP contribution in [0.3, 0.4) is 0 Å². The first-order valence-corrected chi connectivity index (χ1v) is 10.5. The van der Waals surface area contributed by atoms with Crippen LogP contribution in [0.1, 0.15) is 45.1 Å². The maximum absolute atomic E-state index is 4.78. The second-order valence-electron chi connectivity index (χ2n) is 7.74. The van der Waals surface area contributed by atoms with Gasteiger partial charge in [-0.25, -0.2) is 0 Å². The largest absolute Gasteiger partial charge is 0.355 e. The average molecular weight is 520 g/mol. The number of aliphatic imine (C=N–C) groups is 1. The lowest BCUT2D eigenvalue weighted by Crippen LogP contribution is -2.40. The van der Waals surface area contributed by atoms with Gasteiger partial charge in [0.2, 0.25) is 0 Å². The van der Waals surface area contributed by atoms with Crippen LogP contribution >= 0.6 is 24.0 Å². The molecular weight excluding hydrogens is 487 g/mol. The molecular formula is C23H33IN6. The number of nitrogens with one attached hydrogen (secondary N) is 2. The number of hydrogen-bond acceptors (Lipinski definition) is 3. The van der Waals surface area contributed by atoms with E-state index in [1.54, 1.807) is 6.33 Å². The highest BCUT2D eigenvalue weighted by Gasteiger charge is 2.11. The summed E-state index contributed by atoms with van der Waals surface area (Å²) in [5.74, 6) is 2.35. The lowest BCUT2D eigenvalue weighted by Gasteiger charge is -2.21. The summed E-state index contributed by atoms with van der Waals surface area (Å²) in [6, 6.07) is 15.1. The summed E-state index contributed by atoms with van der Waals surface area (Å²) in [6.07, 6.45) is 2.67. The van der Waals surface area contributed by atoms with E-state index >= 15 is 0 Å². The van der Waals surface area contributed by atoms with Gasteiger partial charge in [-0.1, -0.05) is 63.2 Å². The van der Waals surface area contributed by atoms with Gasteiger partial charge in [0, 0.05) is 26.1 Å². The molecule has 1 atom stereocenters. The first kappa shape index (κ1) is 24.1. The summed E-state index contributed by atoms with van der Waals surface area (Å²) >= 11 is 0. The smallest absolute Gasteiger partial charge is 0.191 e. The van der Waals surface area contributed by atoms with Crippen LogP contribution in [0.25, 0.3) is 10.8 Å². The second-order valence-corrected chi connectivity index (χ2v) is 7.74. The van der Waals surface area contributed by atoms with Crippen LogP contribution < -0.4 is 10.6 Å². The Labute approximate surface area is 196 Å². The molecule has 0 radical (unpaired) electrons. The molecule has 0 saturated heterocycles. The summed E-state index contributed by atoms with van der Waals surface area (Å²) in [5.41, 5.74) is 1.27. The number of aromatic nitrogens is 3. The SMILES string of the molecule is CCc1nncn1CCNC(=NCC(C)C)NC(C)c1cccc2ccccc12.I. The van der Waals surface area contributed by atoms with Gasteiger partial charge in [-0.15, -0.1) is 34.2 Å². The third-order valence-corrected chi connectivity index (χ3v) is 4.91. The van der Waals surface area contributed by atoms with Crippen molar-refractivity contribution >= 4 is 40.7 Å². The number of guanidine groups is 1. The number of benzene rings is 2. The van der Waals surface area contributed by atoms with Crippen molar-refractivity contribution in [1.29, 1.82) is 0 Å². The van der Waals surface area contributed by atoms with Gasteiger partial charge in [0.05, 0.1) is 6.04 Å². The van der Waals surface area contributed by atoms with Gasteiger partial charge < -0.3 is 15.2 Å². The first-order chi connectivity index (χ1) is 14.1. The van der Waals surface area contributed by atoms with Crippen molar-refractivity contribution in [2.75, 3.05) is 13.1 Å². The topological polar surface area (TPSA) is 67.1 Å². The molecule has 1 aromatic heterocycles. The Hall–Kier alpha value is -2.16. The highest BCUT2D eigenvalue weighted by Crippen LogP contribution is 2.23. The Balaban J connectivity index is 0.00000320. The highest BCUT2D eigenvalue weighted by molar-refractivity contribution is 14.0. The van der Waals surface area contributed by atoms with Gasteiger partial charge in [0.1, 0.15) is 12.2 Å². The van der Waals surface area contributed by atoms with Gasteiger partial charge >= 0.3 is 0 Å². The molecule has 0 saturated carbocycles. The predicted octanol–water partition coefficient (Wildman–Crippen LogP) is 4.56. The molecule has 2 N–H and O–H groups in total. The molecule has 0 spiro atoms. The molecule has 0 aliphatic heterocycles. The molecule has 2 aromatic carbocycles. The fourth-order valence-corrected chi connectivity index (χ4v) is 3.37. The molecule has 6 nitrogen and oxygen atoms in total. The van der Waals surface area contributed by atoms with Crippen LogP contribution in [0.2, 0.25) is 0 Å². The average Bonchev–Trinajstić information content (AvgIpc) is 3.18. The number of aryl methyl sites for hydroxylation is 1. The maximum Gasteiger partial charge on any atom is 0.191 e. The molecule has 30 heavy (non-hydrogen) atoms. The third kappa shape index (κ3) is 6.42. The number of fused-ring (bicyclic) bond motifs is 1. The third-order valence-electron chi connectivity index (χ3n) is 4.91. The van der Waals surface area contributed by atoms with Crippen molar-refractivity contribution in [3.63, 3.8) is 0 Å². The Bertz CT molecular complexity index is 944. The zero-order valence-corrected chi connectivity index (χ0v) is 20.6. The lowest BCUT2D eigenvalue weighted by molar-refractivity contribution is 0.610. The fraction of sp³-hybridized carbons (Fsp3) is 0.435. The van der Waals surface area contributed by atoms with Crippen molar-refractivity contribution in [2.24, 2.45) is 10.9 Å². The summed E-state index contributed by atoms with van der Waals surface area (Å²) in [5, 5.41) is 17.7. The fourth-order valence-electron chi connectivity index (χ4n) is 3.37. The maximum atomic E-state index is 4.78. The van der Waals surface area contributed by atoms with E-state index in [0.717, 1.165) is 37.8 Å². The molecule has 1 heterocycles. The zero-order valence-electron chi connectivity index (χ0n) is 18.3. The van der Waals surface area contributed by atoms with E-state index in [2.05, 4.69) is 95.6 Å². The summed E-state index contributed by atoms with van der Waals surface area (Å²) in [6.45, 7) is 11.0. The molecule has 3 aromatic rings. The van der Waals surface area contributed by atoms with E-state index in [0.29, 0.717) is 5.92 Å². The second kappa shape index (κ2) is 11.9. The van der Waals surface area contributed by atoms with Gasteiger partial charge in [-0.05, 0) is 29.2 Å². The molecule has 3 rings (SSSR count). The van der Waals surface area contributed by atoms with Gasteiger partial charge in [0.15, 0.2) is 5.96 Å². The van der Waals surface area contributed by atoms with Crippen molar-refractivity contribution < 1.29 is 0 Å². The Morgan fingerprint density at radius 1 is 1.10 bits per heavy atom. The monoisotopic (exact) mass is 520 g/mol. The number of nitrogens with zero attached hydrogens (tertiary/aromatic N) is 4. The van der Waals surface area contributed by atoms with Crippen LogP contribution in [-0.4, -0.2) is 33.8 Å².